The molecule has 2 unspecified atom stereocenters. The first-order valence-corrected chi connectivity index (χ1v) is 7.63. The second-order valence-corrected chi connectivity index (χ2v) is 5.83. The summed E-state index contributed by atoms with van der Waals surface area (Å²) < 4.78 is 0. The summed E-state index contributed by atoms with van der Waals surface area (Å²) in [4.78, 5) is 0. The van der Waals surface area contributed by atoms with Crippen LogP contribution in [0.1, 0.15) is 86.0 Å². The van der Waals surface area contributed by atoms with E-state index in [-0.39, 0.29) is 0 Å². The zero-order valence-corrected chi connectivity index (χ0v) is 12.4. The minimum absolute atomic E-state index is 0.852. The smallest absolute Gasteiger partial charge is 0.0389 e. The molecule has 0 heteroatoms. The summed E-state index contributed by atoms with van der Waals surface area (Å²) in [6.07, 6.45) is 11.5. The molecule has 16 heavy (non-hydrogen) atoms. The van der Waals surface area contributed by atoms with Gasteiger partial charge >= 0.3 is 0 Å². The Kier molecular flexibility index (Phi) is 10.2. The van der Waals surface area contributed by atoms with Crippen molar-refractivity contribution < 1.29 is 0 Å². The van der Waals surface area contributed by atoms with Gasteiger partial charge in [-0.2, -0.15) is 0 Å². The molecule has 2 atom stereocenters. The molecule has 0 bridgehead atoms. The van der Waals surface area contributed by atoms with Gasteiger partial charge < -0.3 is 0 Å². The normalized spacial score (nSPS) is 15.4. The summed E-state index contributed by atoms with van der Waals surface area (Å²) in [6.45, 7) is 11.8. The molecule has 0 fully saturated rings. The molecule has 0 aliphatic heterocycles. The van der Waals surface area contributed by atoms with Crippen LogP contribution in [0.25, 0.3) is 0 Å². The molecule has 0 nitrogen and oxygen atoms in total. The van der Waals surface area contributed by atoms with Gasteiger partial charge in [0.1, 0.15) is 0 Å². The van der Waals surface area contributed by atoms with Crippen LogP contribution in [0, 0.1) is 17.8 Å². The van der Waals surface area contributed by atoms with Crippen LogP contribution in [-0.2, 0) is 0 Å². The lowest BCUT2D eigenvalue weighted by Crippen LogP contribution is -2.16. The van der Waals surface area contributed by atoms with Crippen LogP contribution in [-0.4, -0.2) is 0 Å². The fourth-order valence-corrected chi connectivity index (χ4v) is 2.57. The van der Waals surface area contributed by atoms with Gasteiger partial charge in [-0.15, -0.1) is 0 Å². The number of rotatable bonds is 10. The van der Waals surface area contributed by atoms with E-state index in [9.17, 15) is 0 Å². The molecule has 0 saturated carbocycles. The number of hydrogen-bond donors (Lipinski definition) is 0. The second-order valence-electron chi connectivity index (χ2n) is 5.83. The van der Waals surface area contributed by atoms with Crippen molar-refractivity contribution in [2.45, 2.75) is 86.0 Å². The summed E-state index contributed by atoms with van der Waals surface area (Å²) in [7, 11) is 0. The Bertz CT molecular complexity index is 137. The molecule has 0 radical (unpaired) electrons. The molecule has 0 heterocycles. The third-order valence-electron chi connectivity index (χ3n) is 4.25. The Hall–Kier alpha value is 0. The lowest BCUT2D eigenvalue weighted by Gasteiger charge is -2.26. The minimum Gasteiger partial charge on any atom is -0.0654 e. The largest absolute Gasteiger partial charge is 0.0654 e. The summed E-state index contributed by atoms with van der Waals surface area (Å²) in [5.41, 5.74) is 0. The fourth-order valence-electron chi connectivity index (χ4n) is 2.57. The van der Waals surface area contributed by atoms with Crippen molar-refractivity contribution >= 4 is 0 Å². The highest BCUT2D eigenvalue weighted by molar-refractivity contribution is 4.68. The summed E-state index contributed by atoms with van der Waals surface area (Å²) in [6, 6.07) is 0. The average molecular weight is 226 g/mol. The Morgan fingerprint density at radius 3 is 1.81 bits per heavy atom. The zero-order chi connectivity index (χ0) is 12.4. The van der Waals surface area contributed by atoms with Crippen molar-refractivity contribution in [2.24, 2.45) is 17.8 Å². The molecule has 0 aliphatic carbocycles. The Balaban J connectivity index is 3.55. The van der Waals surface area contributed by atoms with E-state index in [0.29, 0.717) is 0 Å². The van der Waals surface area contributed by atoms with Gasteiger partial charge in [0.2, 0.25) is 0 Å². The quantitative estimate of drug-likeness (QED) is 0.397. The molecule has 0 aromatic rings. The first-order chi connectivity index (χ1) is 7.63. The van der Waals surface area contributed by atoms with Gasteiger partial charge in [-0.05, 0) is 17.8 Å². The molecule has 0 rings (SSSR count). The van der Waals surface area contributed by atoms with Crippen LogP contribution in [0.4, 0.5) is 0 Å². The Labute approximate surface area is 104 Å². The molecular weight excluding hydrogens is 192 g/mol. The van der Waals surface area contributed by atoms with E-state index in [2.05, 4.69) is 34.6 Å². The van der Waals surface area contributed by atoms with Gasteiger partial charge in [-0.1, -0.05) is 86.0 Å². The summed E-state index contributed by atoms with van der Waals surface area (Å²) >= 11 is 0. The van der Waals surface area contributed by atoms with E-state index >= 15 is 0 Å². The molecule has 0 saturated heterocycles. The minimum atomic E-state index is 0.852. The molecule has 0 aliphatic rings. The predicted molar refractivity (Wildman–Crippen MR) is 75.8 cm³/mol. The van der Waals surface area contributed by atoms with Crippen LogP contribution >= 0.6 is 0 Å². The molecule has 0 spiro atoms. The molecule has 0 aromatic heterocycles. The lowest BCUT2D eigenvalue weighted by molar-refractivity contribution is 0.248. The topological polar surface area (TPSA) is 0 Å². The third-order valence-corrected chi connectivity index (χ3v) is 4.25. The van der Waals surface area contributed by atoms with Gasteiger partial charge in [0.05, 0.1) is 0 Å². The van der Waals surface area contributed by atoms with E-state index in [1.165, 1.54) is 51.4 Å². The molecule has 0 aromatic carbocycles. The van der Waals surface area contributed by atoms with Crippen molar-refractivity contribution in [3.8, 4) is 0 Å². The van der Waals surface area contributed by atoms with Gasteiger partial charge in [-0.25, -0.2) is 0 Å². The first kappa shape index (κ1) is 16.0. The molecule has 0 amide bonds. The maximum atomic E-state index is 2.44. The van der Waals surface area contributed by atoms with Crippen molar-refractivity contribution in [3.05, 3.63) is 0 Å². The van der Waals surface area contributed by atoms with E-state index < -0.39 is 0 Å². The highest BCUT2D eigenvalue weighted by Gasteiger charge is 2.17. The number of hydrogen-bond acceptors (Lipinski definition) is 0. The molecule has 98 valence electrons. The average Bonchev–Trinajstić information content (AvgIpc) is 2.27. The van der Waals surface area contributed by atoms with Crippen molar-refractivity contribution in [1.29, 1.82) is 0 Å². The highest BCUT2D eigenvalue weighted by atomic mass is 14.2. The second kappa shape index (κ2) is 10.2. The van der Waals surface area contributed by atoms with Gasteiger partial charge in [0.15, 0.2) is 0 Å². The highest BCUT2D eigenvalue weighted by Crippen LogP contribution is 2.28. The van der Waals surface area contributed by atoms with Crippen molar-refractivity contribution in [3.63, 3.8) is 0 Å². The van der Waals surface area contributed by atoms with Gasteiger partial charge in [0.25, 0.3) is 0 Å². The summed E-state index contributed by atoms with van der Waals surface area (Å²) in [5.74, 6) is 2.72. The first-order valence-electron chi connectivity index (χ1n) is 7.63. The van der Waals surface area contributed by atoms with Gasteiger partial charge in [0, 0.05) is 0 Å². The van der Waals surface area contributed by atoms with Crippen LogP contribution < -0.4 is 0 Å². The van der Waals surface area contributed by atoms with Crippen LogP contribution in [0.3, 0.4) is 0 Å². The van der Waals surface area contributed by atoms with E-state index in [0.717, 1.165) is 17.8 Å². The van der Waals surface area contributed by atoms with Crippen LogP contribution in [0.5, 0.6) is 0 Å². The molecular formula is C16H34. The van der Waals surface area contributed by atoms with Crippen molar-refractivity contribution in [2.75, 3.05) is 0 Å². The Morgan fingerprint density at radius 1 is 0.750 bits per heavy atom. The fraction of sp³-hybridized carbons (Fsp3) is 1.00. The van der Waals surface area contributed by atoms with E-state index in [1.807, 2.05) is 0 Å². The zero-order valence-electron chi connectivity index (χ0n) is 12.4. The van der Waals surface area contributed by atoms with Crippen LogP contribution in [0.2, 0.25) is 0 Å². The lowest BCUT2D eigenvalue weighted by atomic mass is 9.80. The van der Waals surface area contributed by atoms with Crippen LogP contribution in [0.15, 0.2) is 0 Å². The van der Waals surface area contributed by atoms with Gasteiger partial charge in [-0.3, -0.25) is 0 Å². The third kappa shape index (κ3) is 7.30. The molecule has 0 N–H and O–H groups in total. The Morgan fingerprint density at radius 2 is 1.31 bits per heavy atom. The van der Waals surface area contributed by atoms with E-state index in [4.69, 9.17) is 0 Å². The standard InChI is InChI=1S/C16H34/c1-6-8-9-10-11-12-13-16(7-2)15(5)14(3)4/h14-16H,6-13H2,1-5H3. The maximum absolute atomic E-state index is 2.44. The monoisotopic (exact) mass is 226 g/mol. The summed E-state index contributed by atoms with van der Waals surface area (Å²) in [5, 5.41) is 0. The maximum Gasteiger partial charge on any atom is -0.0389 e. The van der Waals surface area contributed by atoms with Crippen molar-refractivity contribution in [1.82, 2.24) is 0 Å². The predicted octanol–water partition coefficient (Wildman–Crippen LogP) is 6.06. The SMILES string of the molecule is CCCCCCCCC(CC)C(C)C(C)C. The van der Waals surface area contributed by atoms with E-state index in [1.54, 1.807) is 0 Å². The number of unbranched alkanes of at least 4 members (excludes halogenated alkanes) is 5.